The molecule has 1 aliphatic carbocycles. The van der Waals surface area contributed by atoms with Gasteiger partial charge in [0.05, 0.1) is 6.10 Å². The standard InChI is InChI=1S/C15H22N2O/c1-18-13-6-4-8-15(13)9-5-11-17(12-15)14-7-2-3-10-16-14/h2-3,7,10,13H,4-6,8-9,11-12H2,1H3/t13-,15-/m1/s1. The van der Waals surface area contributed by atoms with Crippen molar-refractivity contribution in [3.05, 3.63) is 24.4 Å². The fraction of sp³-hybridized carbons (Fsp3) is 0.667. The van der Waals surface area contributed by atoms with Gasteiger partial charge in [-0.1, -0.05) is 12.5 Å². The minimum atomic E-state index is 0.379. The Morgan fingerprint density at radius 1 is 1.33 bits per heavy atom. The molecule has 1 spiro atoms. The van der Waals surface area contributed by atoms with E-state index in [0.29, 0.717) is 11.5 Å². The summed E-state index contributed by atoms with van der Waals surface area (Å²) in [6.45, 7) is 2.25. The lowest BCUT2D eigenvalue weighted by Gasteiger charge is -2.44. The average molecular weight is 246 g/mol. The smallest absolute Gasteiger partial charge is 0.128 e. The van der Waals surface area contributed by atoms with Crippen molar-refractivity contribution in [2.75, 3.05) is 25.1 Å². The van der Waals surface area contributed by atoms with Crippen molar-refractivity contribution in [2.45, 2.75) is 38.2 Å². The molecule has 2 aliphatic rings. The molecule has 1 saturated heterocycles. The maximum Gasteiger partial charge on any atom is 0.128 e. The minimum Gasteiger partial charge on any atom is -0.381 e. The zero-order valence-electron chi connectivity index (χ0n) is 11.1. The largest absolute Gasteiger partial charge is 0.381 e. The molecule has 3 nitrogen and oxygen atoms in total. The van der Waals surface area contributed by atoms with Crippen LogP contribution >= 0.6 is 0 Å². The van der Waals surface area contributed by atoms with Gasteiger partial charge in [0.15, 0.2) is 0 Å². The predicted octanol–water partition coefficient (Wildman–Crippen LogP) is 2.87. The maximum atomic E-state index is 5.74. The average Bonchev–Trinajstić information content (AvgIpc) is 2.82. The predicted molar refractivity (Wildman–Crippen MR) is 72.8 cm³/mol. The third kappa shape index (κ3) is 2.01. The number of hydrogen-bond donors (Lipinski definition) is 0. The molecule has 2 fully saturated rings. The summed E-state index contributed by atoms with van der Waals surface area (Å²) in [6, 6.07) is 6.18. The van der Waals surface area contributed by atoms with Crippen LogP contribution in [0.5, 0.6) is 0 Å². The first kappa shape index (κ1) is 12.0. The summed E-state index contributed by atoms with van der Waals surface area (Å²) in [7, 11) is 1.87. The molecule has 3 heteroatoms. The van der Waals surface area contributed by atoms with Gasteiger partial charge in [-0.25, -0.2) is 4.98 Å². The Morgan fingerprint density at radius 3 is 3.00 bits per heavy atom. The van der Waals surface area contributed by atoms with Crippen LogP contribution in [0.25, 0.3) is 0 Å². The van der Waals surface area contributed by atoms with Gasteiger partial charge >= 0.3 is 0 Å². The second-order valence-electron chi connectivity index (χ2n) is 5.69. The van der Waals surface area contributed by atoms with Gasteiger partial charge in [0.25, 0.3) is 0 Å². The molecule has 0 unspecified atom stereocenters. The van der Waals surface area contributed by atoms with E-state index in [1.54, 1.807) is 0 Å². The number of methoxy groups -OCH3 is 1. The van der Waals surface area contributed by atoms with E-state index in [1.807, 2.05) is 19.4 Å². The summed E-state index contributed by atoms with van der Waals surface area (Å²) < 4.78 is 5.74. The Kier molecular flexibility index (Phi) is 3.25. The Labute approximate surface area is 109 Å². The van der Waals surface area contributed by atoms with Gasteiger partial charge in [-0.3, -0.25) is 0 Å². The first-order valence-electron chi connectivity index (χ1n) is 7.03. The Balaban J connectivity index is 1.80. The number of hydrogen-bond acceptors (Lipinski definition) is 3. The lowest BCUT2D eigenvalue weighted by atomic mass is 9.76. The SMILES string of the molecule is CO[C@@H]1CCC[C@]12CCCN(c1ccccn1)C2. The Morgan fingerprint density at radius 2 is 2.22 bits per heavy atom. The molecule has 1 aromatic heterocycles. The van der Waals surface area contributed by atoms with Crippen molar-refractivity contribution in [1.82, 2.24) is 4.98 Å². The van der Waals surface area contributed by atoms with E-state index in [2.05, 4.69) is 22.0 Å². The van der Waals surface area contributed by atoms with Gasteiger partial charge in [-0.2, -0.15) is 0 Å². The Bertz CT molecular complexity index is 395. The third-order valence-electron chi connectivity index (χ3n) is 4.69. The van der Waals surface area contributed by atoms with E-state index in [1.165, 1.54) is 32.1 Å². The number of nitrogens with zero attached hydrogens (tertiary/aromatic N) is 2. The van der Waals surface area contributed by atoms with Gasteiger partial charge in [0, 0.05) is 31.8 Å². The van der Waals surface area contributed by atoms with Crippen LogP contribution in [0.2, 0.25) is 0 Å². The van der Waals surface area contributed by atoms with Crippen molar-refractivity contribution >= 4 is 5.82 Å². The summed E-state index contributed by atoms with van der Waals surface area (Å²) in [5.74, 6) is 1.12. The van der Waals surface area contributed by atoms with E-state index >= 15 is 0 Å². The third-order valence-corrected chi connectivity index (χ3v) is 4.69. The molecular formula is C15H22N2O. The zero-order chi connectivity index (χ0) is 12.4. The van der Waals surface area contributed by atoms with Crippen LogP contribution in [0.4, 0.5) is 5.82 Å². The summed E-state index contributed by atoms with van der Waals surface area (Å²) in [4.78, 5) is 6.94. The van der Waals surface area contributed by atoms with E-state index in [4.69, 9.17) is 4.74 Å². The fourth-order valence-corrected chi connectivity index (χ4v) is 3.84. The highest BCUT2D eigenvalue weighted by atomic mass is 16.5. The van der Waals surface area contributed by atoms with Crippen LogP contribution in [0.1, 0.15) is 32.1 Å². The number of rotatable bonds is 2. The highest BCUT2D eigenvalue weighted by Crippen LogP contribution is 2.46. The molecule has 1 aromatic rings. The molecule has 0 radical (unpaired) electrons. The highest BCUT2D eigenvalue weighted by molar-refractivity contribution is 5.39. The minimum absolute atomic E-state index is 0.379. The second-order valence-corrected chi connectivity index (χ2v) is 5.69. The monoisotopic (exact) mass is 246 g/mol. The zero-order valence-corrected chi connectivity index (χ0v) is 11.1. The highest BCUT2D eigenvalue weighted by Gasteiger charge is 2.45. The van der Waals surface area contributed by atoms with Crippen molar-refractivity contribution in [3.63, 3.8) is 0 Å². The molecule has 98 valence electrons. The van der Waals surface area contributed by atoms with Crippen LogP contribution in [0.15, 0.2) is 24.4 Å². The summed E-state index contributed by atoms with van der Waals surface area (Å²) >= 11 is 0. The van der Waals surface area contributed by atoms with E-state index in [-0.39, 0.29) is 0 Å². The number of pyridine rings is 1. The molecule has 0 bridgehead atoms. The molecule has 2 heterocycles. The van der Waals surface area contributed by atoms with Gasteiger partial charge < -0.3 is 9.64 Å². The van der Waals surface area contributed by atoms with E-state index in [0.717, 1.165) is 18.9 Å². The summed E-state index contributed by atoms with van der Waals surface area (Å²) in [5.41, 5.74) is 0.379. The molecule has 0 N–H and O–H groups in total. The summed E-state index contributed by atoms with van der Waals surface area (Å²) in [6.07, 6.45) is 8.77. The number of piperidine rings is 1. The van der Waals surface area contributed by atoms with Gasteiger partial charge in [0.2, 0.25) is 0 Å². The molecule has 0 aromatic carbocycles. The number of ether oxygens (including phenoxy) is 1. The van der Waals surface area contributed by atoms with Gasteiger partial charge in [0.1, 0.15) is 5.82 Å². The lowest BCUT2D eigenvalue weighted by Crippen LogP contribution is -2.48. The van der Waals surface area contributed by atoms with Gasteiger partial charge in [-0.05, 0) is 37.8 Å². The van der Waals surface area contributed by atoms with Crippen molar-refractivity contribution in [1.29, 1.82) is 0 Å². The van der Waals surface area contributed by atoms with Crippen LogP contribution in [0.3, 0.4) is 0 Å². The number of anilines is 1. The van der Waals surface area contributed by atoms with Crippen LogP contribution in [-0.4, -0.2) is 31.3 Å². The number of aromatic nitrogens is 1. The quantitative estimate of drug-likeness (QED) is 0.802. The van der Waals surface area contributed by atoms with E-state index < -0.39 is 0 Å². The van der Waals surface area contributed by atoms with Crippen LogP contribution in [-0.2, 0) is 4.74 Å². The molecule has 1 aliphatic heterocycles. The molecule has 2 atom stereocenters. The molecular weight excluding hydrogens is 224 g/mol. The first-order valence-corrected chi connectivity index (χ1v) is 7.03. The van der Waals surface area contributed by atoms with Crippen molar-refractivity contribution < 1.29 is 4.74 Å². The van der Waals surface area contributed by atoms with Crippen molar-refractivity contribution in [3.8, 4) is 0 Å². The van der Waals surface area contributed by atoms with Crippen molar-refractivity contribution in [2.24, 2.45) is 5.41 Å². The second kappa shape index (κ2) is 4.88. The normalized spacial score (nSPS) is 32.1. The molecule has 3 rings (SSSR count). The topological polar surface area (TPSA) is 25.4 Å². The molecule has 1 saturated carbocycles. The Hall–Kier alpha value is -1.09. The molecule has 18 heavy (non-hydrogen) atoms. The van der Waals surface area contributed by atoms with Crippen LogP contribution in [0, 0.1) is 5.41 Å². The lowest BCUT2D eigenvalue weighted by molar-refractivity contribution is 0.00216. The summed E-state index contributed by atoms with van der Waals surface area (Å²) in [5, 5.41) is 0. The van der Waals surface area contributed by atoms with Crippen LogP contribution < -0.4 is 4.90 Å². The fourth-order valence-electron chi connectivity index (χ4n) is 3.84. The molecule has 0 amide bonds. The van der Waals surface area contributed by atoms with Gasteiger partial charge in [-0.15, -0.1) is 0 Å². The maximum absolute atomic E-state index is 5.74. The van der Waals surface area contributed by atoms with E-state index in [9.17, 15) is 0 Å². The first-order chi connectivity index (χ1) is 8.84.